The highest BCUT2D eigenvalue weighted by Gasteiger charge is 2.19. The summed E-state index contributed by atoms with van der Waals surface area (Å²) in [6.07, 6.45) is 6.29. The zero-order valence-electron chi connectivity index (χ0n) is 15.1. The summed E-state index contributed by atoms with van der Waals surface area (Å²) >= 11 is 0. The van der Waals surface area contributed by atoms with Crippen molar-refractivity contribution < 1.29 is 9.84 Å². The zero-order valence-corrected chi connectivity index (χ0v) is 15.9. The molecule has 4 heteroatoms. The second-order valence-corrected chi connectivity index (χ2v) is 7.33. The van der Waals surface area contributed by atoms with Crippen molar-refractivity contribution in [2.24, 2.45) is 0 Å². The Morgan fingerprint density at radius 1 is 1.00 bits per heavy atom. The summed E-state index contributed by atoms with van der Waals surface area (Å²) in [5, 5.41) is 13.8. The van der Waals surface area contributed by atoms with Gasteiger partial charge in [-0.25, -0.2) is 0 Å². The maximum atomic E-state index is 10.3. The van der Waals surface area contributed by atoms with Crippen molar-refractivity contribution >= 4 is 12.4 Å². The van der Waals surface area contributed by atoms with Crippen molar-refractivity contribution in [2.75, 3.05) is 13.2 Å². The molecule has 0 aliphatic heterocycles. The van der Waals surface area contributed by atoms with Crippen LogP contribution >= 0.6 is 12.4 Å². The number of aryl methyl sites for hydroxylation is 2. The average Bonchev–Trinajstić information content (AvgIpc) is 3.14. The first-order valence-corrected chi connectivity index (χ1v) is 9.51. The normalized spacial score (nSPS) is 19.2. The standard InChI is InChI=1S/C22H27NO2.ClH/c24-20(15-25-22-10-4-8-17-7-3-9-21(17)22)14-23-19-12-11-16-5-1-2-6-18(16)13-19;/h1-2,4-6,8,10,19-20,23-24H,3,7,9,11-15H2;1H. The van der Waals surface area contributed by atoms with E-state index >= 15 is 0 Å². The van der Waals surface area contributed by atoms with Gasteiger partial charge in [0, 0.05) is 12.6 Å². The van der Waals surface area contributed by atoms with Crippen molar-refractivity contribution in [2.45, 2.75) is 50.7 Å². The quantitative estimate of drug-likeness (QED) is 0.814. The molecule has 0 bridgehead atoms. The van der Waals surface area contributed by atoms with E-state index in [1.807, 2.05) is 6.07 Å². The molecular weight excluding hydrogens is 346 g/mol. The monoisotopic (exact) mass is 373 g/mol. The summed E-state index contributed by atoms with van der Waals surface area (Å²) in [5.41, 5.74) is 5.66. The van der Waals surface area contributed by atoms with E-state index in [9.17, 15) is 5.11 Å². The van der Waals surface area contributed by atoms with Crippen LogP contribution in [0.25, 0.3) is 0 Å². The molecule has 4 rings (SSSR count). The zero-order chi connectivity index (χ0) is 17.1. The van der Waals surface area contributed by atoms with Gasteiger partial charge in [0.15, 0.2) is 0 Å². The summed E-state index contributed by atoms with van der Waals surface area (Å²) in [4.78, 5) is 0. The molecule has 2 unspecified atom stereocenters. The highest BCUT2D eigenvalue weighted by molar-refractivity contribution is 5.85. The van der Waals surface area contributed by atoms with Gasteiger partial charge in [0.2, 0.25) is 0 Å². The van der Waals surface area contributed by atoms with Crippen LogP contribution in [-0.2, 0) is 25.7 Å². The third-order valence-electron chi connectivity index (χ3n) is 5.52. The fraction of sp³-hybridized carbons (Fsp3) is 0.455. The number of nitrogens with one attached hydrogen (secondary N) is 1. The SMILES string of the molecule is Cl.OC(CNC1CCc2ccccc2C1)COc1cccc2c1CCC2. The molecule has 0 fully saturated rings. The first kappa shape index (κ1) is 19.2. The van der Waals surface area contributed by atoms with E-state index in [1.54, 1.807) is 0 Å². The van der Waals surface area contributed by atoms with Gasteiger partial charge in [0.1, 0.15) is 18.5 Å². The molecule has 3 nitrogen and oxygen atoms in total. The molecule has 0 amide bonds. The van der Waals surface area contributed by atoms with Crippen LogP contribution < -0.4 is 10.1 Å². The lowest BCUT2D eigenvalue weighted by Gasteiger charge is -2.26. The lowest BCUT2D eigenvalue weighted by atomic mass is 9.88. The molecule has 2 aromatic carbocycles. The highest BCUT2D eigenvalue weighted by Crippen LogP contribution is 2.30. The summed E-state index contributed by atoms with van der Waals surface area (Å²) in [6.45, 7) is 0.939. The Morgan fingerprint density at radius 2 is 1.81 bits per heavy atom. The van der Waals surface area contributed by atoms with E-state index in [0.717, 1.165) is 37.9 Å². The fourth-order valence-electron chi connectivity index (χ4n) is 4.14. The van der Waals surface area contributed by atoms with Crippen LogP contribution in [-0.4, -0.2) is 30.4 Å². The summed E-state index contributed by atoms with van der Waals surface area (Å²) < 4.78 is 5.92. The van der Waals surface area contributed by atoms with Crippen LogP contribution in [0.4, 0.5) is 0 Å². The number of rotatable bonds is 6. The molecular formula is C22H28ClNO2. The maximum absolute atomic E-state index is 10.3. The summed E-state index contributed by atoms with van der Waals surface area (Å²) in [7, 11) is 0. The van der Waals surface area contributed by atoms with Crippen LogP contribution in [0.5, 0.6) is 5.75 Å². The van der Waals surface area contributed by atoms with Gasteiger partial charge in [-0.05, 0) is 66.8 Å². The Bertz CT molecular complexity index is 734. The molecule has 0 saturated carbocycles. The van der Waals surface area contributed by atoms with Crippen molar-refractivity contribution in [1.82, 2.24) is 5.32 Å². The minimum Gasteiger partial charge on any atom is -0.491 e. The molecule has 0 aromatic heterocycles. The van der Waals surface area contributed by atoms with Gasteiger partial charge >= 0.3 is 0 Å². The van der Waals surface area contributed by atoms with Crippen molar-refractivity contribution in [3.8, 4) is 5.75 Å². The van der Waals surface area contributed by atoms with Gasteiger partial charge in [-0.1, -0.05) is 36.4 Å². The first-order valence-electron chi connectivity index (χ1n) is 9.51. The molecule has 0 heterocycles. The molecule has 0 radical (unpaired) electrons. The number of aliphatic hydroxyl groups is 1. The number of fused-ring (bicyclic) bond motifs is 2. The predicted molar refractivity (Wildman–Crippen MR) is 107 cm³/mol. The summed E-state index contributed by atoms with van der Waals surface area (Å²) in [6, 6.07) is 15.4. The Hall–Kier alpha value is -1.55. The molecule has 0 saturated heterocycles. The third-order valence-corrected chi connectivity index (χ3v) is 5.52. The van der Waals surface area contributed by atoms with Gasteiger partial charge in [0.25, 0.3) is 0 Å². The average molecular weight is 374 g/mol. The van der Waals surface area contributed by atoms with Crippen LogP contribution in [0.1, 0.15) is 35.1 Å². The summed E-state index contributed by atoms with van der Waals surface area (Å²) in [5.74, 6) is 0.959. The van der Waals surface area contributed by atoms with Crippen LogP contribution in [0.2, 0.25) is 0 Å². The Labute approximate surface area is 162 Å². The van der Waals surface area contributed by atoms with Gasteiger partial charge in [-0.3, -0.25) is 0 Å². The van der Waals surface area contributed by atoms with E-state index in [1.165, 1.54) is 28.7 Å². The van der Waals surface area contributed by atoms with Crippen LogP contribution in [0.15, 0.2) is 42.5 Å². The molecule has 2 aromatic rings. The number of benzene rings is 2. The molecule has 140 valence electrons. The van der Waals surface area contributed by atoms with Crippen LogP contribution in [0.3, 0.4) is 0 Å². The van der Waals surface area contributed by atoms with Crippen molar-refractivity contribution in [1.29, 1.82) is 0 Å². The Balaban J connectivity index is 0.00000196. The molecule has 2 atom stereocenters. The topological polar surface area (TPSA) is 41.5 Å². The predicted octanol–water partition coefficient (Wildman–Crippen LogP) is 3.48. The largest absolute Gasteiger partial charge is 0.491 e. The van der Waals surface area contributed by atoms with E-state index in [4.69, 9.17) is 4.74 Å². The second kappa shape index (κ2) is 8.90. The minimum absolute atomic E-state index is 0. The van der Waals surface area contributed by atoms with E-state index in [0.29, 0.717) is 19.2 Å². The van der Waals surface area contributed by atoms with E-state index in [-0.39, 0.29) is 12.4 Å². The number of hydrogen-bond acceptors (Lipinski definition) is 3. The number of halogens is 1. The maximum Gasteiger partial charge on any atom is 0.122 e. The molecule has 26 heavy (non-hydrogen) atoms. The molecule has 0 spiro atoms. The lowest BCUT2D eigenvalue weighted by molar-refractivity contribution is 0.102. The fourth-order valence-corrected chi connectivity index (χ4v) is 4.14. The minimum atomic E-state index is -0.477. The van der Waals surface area contributed by atoms with Crippen molar-refractivity contribution in [3.63, 3.8) is 0 Å². The molecule has 2 aliphatic rings. The number of aliphatic hydroxyl groups excluding tert-OH is 1. The van der Waals surface area contributed by atoms with E-state index in [2.05, 4.69) is 41.7 Å². The third kappa shape index (κ3) is 4.40. The van der Waals surface area contributed by atoms with Crippen molar-refractivity contribution in [3.05, 3.63) is 64.7 Å². The Morgan fingerprint density at radius 3 is 2.69 bits per heavy atom. The molecule has 2 aliphatic carbocycles. The van der Waals surface area contributed by atoms with Gasteiger partial charge in [0.05, 0.1) is 0 Å². The number of ether oxygens (including phenoxy) is 1. The second-order valence-electron chi connectivity index (χ2n) is 7.33. The number of hydrogen-bond donors (Lipinski definition) is 2. The first-order chi connectivity index (χ1) is 12.3. The highest BCUT2D eigenvalue weighted by atomic mass is 35.5. The van der Waals surface area contributed by atoms with Gasteiger partial charge in [-0.15, -0.1) is 12.4 Å². The van der Waals surface area contributed by atoms with E-state index < -0.39 is 6.10 Å². The smallest absolute Gasteiger partial charge is 0.122 e. The Kier molecular flexibility index (Phi) is 6.58. The lowest BCUT2D eigenvalue weighted by Crippen LogP contribution is -2.40. The molecule has 2 N–H and O–H groups in total. The van der Waals surface area contributed by atoms with Gasteiger partial charge in [-0.2, -0.15) is 0 Å². The van der Waals surface area contributed by atoms with Gasteiger partial charge < -0.3 is 15.2 Å². The van der Waals surface area contributed by atoms with Crippen LogP contribution in [0, 0.1) is 0 Å².